The molecule has 2 aromatic rings. The van der Waals surface area contributed by atoms with Crippen LogP contribution in [0.15, 0.2) is 34.9 Å². The minimum Gasteiger partial charge on any atom is -0.380 e. The van der Waals surface area contributed by atoms with Crippen molar-refractivity contribution in [2.45, 2.75) is 38.3 Å². The Labute approximate surface area is 137 Å². The molecule has 0 spiro atoms. The molecule has 1 saturated heterocycles. The van der Waals surface area contributed by atoms with Crippen molar-refractivity contribution in [2.75, 3.05) is 20.2 Å². The van der Waals surface area contributed by atoms with Crippen LogP contribution in [-0.4, -0.2) is 42.4 Å². The van der Waals surface area contributed by atoms with Crippen LogP contribution in [-0.2, 0) is 24.0 Å². The zero-order chi connectivity index (χ0) is 15.8. The zero-order valence-electron chi connectivity index (χ0n) is 13.9. The number of hydrogen-bond donors (Lipinski definition) is 0. The Hall–Kier alpha value is -1.65. The number of likely N-dealkylation sites (tertiary alicyclic amines) is 1. The number of ether oxygens (including phenoxy) is 1. The van der Waals surface area contributed by atoms with E-state index in [9.17, 15) is 0 Å². The molecule has 1 aromatic heterocycles. The van der Waals surface area contributed by atoms with Crippen molar-refractivity contribution in [1.82, 2.24) is 10.1 Å². The molecule has 2 heterocycles. The van der Waals surface area contributed by atoms with E-state index in [-0.39, 0.29) is 6.10 Å². The van der Waals surface area contributed by atoms with Crippen LogP contribution in [0.3, 0.4) is 0 Å². The molecule has 1 fully saturated rings. The third kappa shape index (κ3) is 2.93. The second kappa shape index (κ2) is 6.10. The van der Waals surface area contributed by atoms with Gasteiger partial charge in [0, 0.05) is 44.6 Å². The number of benzene rings is 1. The number of rotatable bonds is 4. The normalized spacial score (nSPS) is 25.1. The van der Waals surface area contributed by atoms with Gasteiger partial charge in [-0.25, -0.2) is 0 Å². The summed E-state index contributed by atoms with van der Waals surface area (Å²) in [6.07, 6.45) is 3.53. The maximum Gasteiger partial charge on any atom is 0.137 e. The summed E-state index contributed by atoms with van der Waals surface area (Å²) in [7, 11) is 1.83. The molecule has 0 N–H and O–H groups in total. The van der Waals surface area contributed by atoms with Crippen molar-refractivity contribution in [1.29, 1.82) is 0 Å². The lowest BCUT2D eigenvalue weighted by atomic mass is 10.0. The highest BCUT2D eigenvalue weighted by Crippen LogP contribution is 2.31. The molecule has 122 valence electrons. The van der Waals surface area contributed by atoms with E-state index in [1.165, 1.54) is 24.0 Å². The molecular formula is C19H24N2O2. The number of methoxy groups -OCH3 is 1. The highest BCUT2D eigenvalue weighted by atomic mass is 16.5. The molecule has 0 amide bonds. The molecule has 23 heavy (non-hydrogen) atoms. The zero-order valence-corrected chi connectivity index (χ0v) is 13.9. The second-order valence-corrected chi connectivity index (χ2v) is 6.96. The molecule has 0 unspecified atom stereocenters. The lowest BCUT2D eigenvalue weighted by Gasteiger charge is -2.23. The second-order valence-electron chi connectivity index (χ2n) is 6.96. The molecule has 0 bridgehead atoms. The first-order chi connectivity index (χ1) is 11.2. The molecule has 1 aliphatic heterocycles. The van der Waals surface area contributed by atoms with E-state index in [4.69, 9.17) is 9.26 Å². The molecular weight excluding hydrogens is 288 g/mol. The quantitative estimate of drug-likeness (QED) is 0.870. The van der Waals surface area contributed by atoms with Crippen molar-refractivity contribution in [3.05, 3.63) is 52.9 Å². The third-order valence-corrected chi connectivity index (χ3v) is 5.40. The molecule has 4 heteroatoms. The van der Waals surface area contributed by atoms with Gasteiger partial charge in [0.25, 0.3) is 0 Å². The summed E-state index contributed by atoms with van der Waals surface area (Å²) in [5, 5.41) is 4.00. The first-order valence-corrected chi connectivity index (χ1v) is 8.48. The van der Waals surface area contributed by atoms with Crippen molar-refractivity contribution in [3.63, 3.8) is 0 Å². The summed E-state index contributed by atoms with van der Waals surface area (Å²) < 4.78 is 11.2. The summed E-state index contributed by atoms with van der Waals surface area (Å²) in [5.74, 6) is 1.46. The monoisotopic (exact) mass is 312 g/mol. The Kier molecular flexibility index (Phi) is 3.95. The Morgan fingerprint density at radius 1 is 1.22 bits per heavy atom. The predicted octanol–water partition coefficient (Wildman–Crippen LogP) is 2.64. The number of hydrogen-bond acceptors (Lipinski definition) is 4. The SMILES string of the molecule is CO[C@H]1CN(C2Cc3ccccc3C2)C[C@H]1Cc1cc(C)no1. The highest BCUT2D eigenvalue weighted by molar-refractivity contribution is 5.33. The third-order valence-electron chi connectivity index (χ3n) is 5.40. The maximum atomic E-state index is 5.77. The van der Waals surface area contributed by atoms with Gasteiger partial charge < -0.3 is 9.26 Å². The summed E-state index contributed by atoms with van der Waals surface area (Å²) in [5.41, 5.74) is 3.98. The predicted molar refractivity (Wildman–Crippen MR) is 88.4 cm³/mol. The number of aryl methyl sites for hydroxylation is 1. The van der Waals surface area contributed by atoms with Gasteiger partial charge in [0.1, 0.15) is 5.76 Å². The van der Waals surface area contributed by atoms with Gasteiger partial charge in [-0.15, -0.1) is 0 Å². The topological polar surface area (TPSA) is 38.5 Å². The van der Waals surface area contributed by atoms with Crippen LogP contribution in [0.1, 0.15) is 22.6 Å². The largest absolute Gasteiger partial charge is 0.380 e. The van der Waals surface area contributed by atoms with Crippen LogP contribution in [0.4, 0.5) is 0 Å². The van der Waals surface area contributed by atoms with Crippen molar-refractivity contribution < 1.29 is 9.26 Å². The van der Waals surface area contributed by atoms with Crippen molar-refractivity contribution >= 4 is 0 Å². The van der Waals surface area contributed by atoms with Crippen molar-refractivity contribution in [3.8, 4) is 0 Å². The number of aromatic nitrogens is 1. The van der Waals surface area contributed by atoms with Gasteiger partial charge in [-0.2, -0.15) is 0 Å². The van der Waals surface area contributed by atoms with Gasteiger partial charge in [0.2, 0.25) is 0 Å². The fraction of sp³-hybridized carbons (Fsp3) is 0.526. The molecule has 0 radical (unpaired) electrons. The van der Waals surface area contributed by atoms with E-state index in [2.05, 4.69) is 34.3 Å². The number of fused-ring (bicyclic) bond motifs is 1. The summed E-state index contributed by atoms with van der Waals surface area (Å²) in [6, 6.07) is 11.5. The lowest BCUT2D eigenvalue weighted by molar-refractivity contribution is 0.0742. The maximum absolute atomic E-state index is 5.77. The Bertz CT molecular complexity index is 657. The Balaban J connectivity index is 1.44. The first-order valence-electron chi connectivity index (χ1n) is 8.48. The van der Waals surface area contributed by atoms with Crippen LogP contribution < -0.4 is 0 Å². The van der Waals surface area contributed by atoms with Gasteiger partial charge >= 0.3 is 0 Å². The fourth-order valence-electron chi connectivity index (χ4n) is 4.20. The van der Waals surface area contributed by atoms with Crippen LogP contribution >= 0.6 is 0 Å². The average molecular weight is 312 g/mol. The number of nitrogens with zero attached hydrogens (tertiary/aromatic N) is 2. The standard InChI is InChI=1S/C19H24N2O2/c1-13-7-18(23-20-13)10-16-11-21(12-19(16)22-2)17-8-14-5-3-4-6-15(14)9-17/h3-7,16-17,19H,8-12H2,1-2H3/t16-,19+/m1/s1. The first kappa shape index (κ1) is 14.9. The van der Waals surface area contributed by atoms with E-state index in [1.54, 1.807) is 0 Å². The Morgan fingerprint density at radius 2 is 1.96 bits per heavy atom. The van der Waals surface area contributed by atoms with Gasteiger partial charge in [0.15, 0.2) is 0 Å². The molecule has 4 rings (SSSR count). The summed E-state index contributed by atoms with van der Waals surface area (Å²) in [6.45, 7) is 4.07. The molecule has 0 saturated carbocycles. The Morgan fingerprint density at radius 3 is 2.57 bits per heavy atom. The van der Waals surface area contributed by atoms with E-state index >= 15 is 0 Å². The van der Waals surface area contributed by atoms with Gasteiger partial charge in [-0.05, 0) is 30.9 Å². The van der Waals surface area contributed by atoms with Gasteiger partial charge in [-0.3, -0.25) is 4.90 Å². The van der Waals surface area contributed by atoms with E-state index in [0.717, 1.165) is 31.0 Å². The minimum absolute atomic E-state index is 0.282. The van der Waals surface area contributed by atoms with E-state index in [0.29, 0.717) is 12.0 Å². The highest BCUT2D eigenvalue weighted by Gasteiger charge is 2.38. The van der Waals surface area contributed by atoms with Crippen LogP contribution in [0, 0.1) is 12.8 Å². The smallest absolute Gasteiger partial charge is 0.137 e. The molecule has 4 nitrogen and oxygen atoms in total. The minimum atomic E-state index is 0.282. The fourth-order valence-corrected chi connectivity index (χ4v) is 4.20. The molecule has 2 aliphatic rings. The van der Waals surface area contributed by atoms with Gasteiger partial charge in [0.05, 0.1) is 11.8 Å². The van der Waals surface area contributed by atoms with Crippen LogP contribution in [0.5, 0.6) is 0 Å². The van der Waals surface area contributed by atoms with E-state index < -0.39 is 0 Å². The van der Waals surface area contributed by atoms with Crippen LogP contribution in [0.2, 0.25) is 0 Å². The lowest BCUT2D eigenvalue weighted by Crippen LogP contribution is -2.34. The summed E-state index contributed by atoms with van der Waals surface area (Å²) in [4.78, 5) is 2.61. The summed E-state index contributed by atoms with van der Waals surface area (Å²) >= 11 is 0. The molecule has 1 aliphatic carbocycles. The van der Waals surface area contributed by atoms with Crippen LogP contribution in [0.25, 0.3) is 0 Å². The van der Waals surface area contributed by atoms with Crippen molar-refractivity contribution in [2.24, 2.45) is 5.92 Å². The van der Waals surface area contributed by atoms with E-state index in [1.807, 2.05) is 20.1 Å². The molecule has 1 aromatic carbocycles. The average Bonchev–Trinajstić information content (AvgIpc) is 3.25. The van der Waals surface area contributed by atoms with Gasteiger partial charge in [-0.1, -0.05) is 29.4 Å². The molecule has 2 atom stereocenters.